The molecule has 1 heterocycles. The van der Waals surface area contributed by atoms with E-state index in [2.05, 4.69) is 10.6 Å². The highest BCUT2D eigenvalue weighted by molar-refractivity contribution is 7.80. The van der Waals surface area contributed by atoms with Gasteiger partial charge in [-0.3, -0.25) is 0 Å². The molecule has 2 unspecified atom stereocenters. The van der Waals surface area contributed by atoms with Gasteiger partial charge in [0.15, 0.2) is 0 Å². The molecule has 1 saturated heterocycles. The van der Waals surface area contributed by atoms with Crippen LogP contribution in [0.5, 0.6) is 0 Å². The molecule has 74 valence electrons. The van der Waals surface area contributed by atoms with Crippen LogP contribution in [0.25, 0.3) is 0 Å². The van der Waals surface area contributed by atoms with E-state index in [0.717, 1.165) is 19.4 Å². The monoisotopic (exact) mass is 202 g/mol. The van der Waals surface area contributed by atoms with Gasteiger partial charge in [0.05, 0.1) is 17.0 Å². The van der Waals surface area contributed by atoms with E-state index in [1.54, 1.807) is 6.92 Å². The molecule has 4 nitrogen and oxygen atoms in total. The Morgan fingerprint density at radius 1 is 1.69 bits per heavy atom. The number of rotatable bonds is 3. The zero-order chi connectivity index (χ0) is 9.84. The van der Waals surface area contributed by atoms with Gasteiger partial charge in [-0.2, -0.15) is 0 Å². The smallest absolute Gasteiger partial charge is 0.426 e. The second-order valence-electron chi connectivity index (χ2n) is 3.36. The third-order valence-electron chi connectivity index (χ3n) is 2.19. The third-order valence-corrected chi connectivity index (χ3v) is 2.60. The number of hydrogen-bond donors (Lipinski definition) is 4. The molecule has 0 aromatic carbocycles. The Morgan fingerprint density at radius 3 is 2.85 bits per heavy atom. The molecule has 1 rings (SSSR count). The lowest BCUT2D eigenvalue weighted by molar-refractivity contribution is 0.385. The van der Waals surface area contributed by atoms with E-state index < -0.39 is 13.1 Å². The van der Waals surface area contributed by atoms with Crippen molar-refractivity contribution in [1.82, 2.24) is 10.6 Å². The Kier molecular flexibility index (Phi) is 4.12. The van der Waals surface area contributed by atoms with Crippen molar-refractivity contribution < 1.29 is 10.0 Å². The predicted molar refractivity (Wildman–Crippen MR) is 56.4 cm³/mol. The molecule has 2 atom stereocenters. The van der Waals surface area contributed by atoms with Crippen LogP contribution in [0.15, 0.2) is 0 Å². The molecule has 1 fully saturated rings. The van der Waals surface area contributed by atoms with E-state index in [9.17, 15) is 0 Å². The summed E-state index contributed by atoms with van der Waals surface area (Å²) >= 11 is 5.11. The molecule has 1 aliphatic rings. The Labute approximate surface area is 83.9 Å². The van der Waals surface area contributed by atoms with E-state index in [-0.39, 0.29) is 6.04 Å². The van der Waals surface area contributed by atoms with Crippen LogP contribution in [-0.2, 0) is 0 Å². The summed E-state index contributed by atoms with van der Waals surface area (Å²) in [5.74, 6) is -0.408. The normalized spacial score (nSPS) is 24.1. The minimum atomic E-state index is -1.36. The SMILES string of the molecule is CC(NC(=S)C1CCCN1)B(O)O. The van der Waals surface area contributed by atoms with Gasteiger partial charge in [0.1, 0.15) is 0 Å². The highest BCUT2D eigenvalue weighted by Crippen LogP contribution is 2.06. The minimum Gasteiger partial charge on any atom is -0.426 e. The van der Waals surface area contributed by atoms with Gasteiger partial charge in [0.2, 0.25) is 0 Å². The van der Waals surface area contributed by atoms with Crippen LogP contribution in [-0.4, -0.2) is 40.7 Å². The highest BCUT2D eigenvalue weighted by Gasteiger charge is 2.23. The van der Waals surface area contributed by atoms with Crippen LogP contribution >= 0.6 is 12.2 Å². The van der Waals surface area contributed by atoms with Crippen molar-refractivity contribution in [2.45, 2.75) is 31.7 Å². The summed E-state index contributed by atoms with van der Waals surface area (Å²) in [6.07, 6.45) is 2.16. The van der Waals surface area contributed by atoms with Gasteiger partial charge in [0, 0.05) is 0 Å². The highest BCUT2D eigenvalue weighted by atomic mass is 32.1. The zero-order valence-corrected chi connectivity index (χ0v) is 8.47. The number of hydrogen-bond acceptors (Lipinski definition) is 4. The molecule has 13 heavy (non-hydrogen) atoms. The standard InChI is InChI=1S/C7H15BN2O2S/c1-5(8(11)12)10-7(13)6-3-2-4-9-6/h5-6,9,11-12H,2-4H2,1H3,(H,10,13). The molecule has 6 heteroatoms. The predicted octanol–water partition coefficient (Wildman–Crippen LogP) is -0.944. The molecule has 0 aromatic heterocycles. The van der Waals surface area contributed by atoms with Crippen LogP contribution in [0.2, 0.25) is 0 Å². The maximum absolute atomic E-state index is 8.83. The van der Waals surface area contributed by atoms with Crippen molar-refractivity contribution in [2.24, 2.45) is 0 Å². The fourth-order valence-electron chi connectivity index (χ4n) is 1.31. The van der Waals surface area contributed by atoms with E-state index in [4.69, 9.17) is 22.3 Å². The summed E-state index contributed by atoms with van der Waals surface area (Å²) in [4.78, 5) is 0.679. The summed E-state index contributed by atoms with van der Waals surface area (Å²) in [5, 5.41) is 23.8. The molecule has 0 spiro atoms. The summed E-state index contributed by atoms with van der Waals surface area (Å²) in [6, 6.07) is 0.205. The van der Waals surface area contributed by atoms with Crippen molar-refractivity contribution >= 4 is 24.3 Å². The van der Waals surface area contributed by atoms with E-state index in [1.165, 1.54) is 0 Å². The summed E-state index contributed by atoms with van der Waals surface area (Å²) in [5.41, 5.74) is 0. The second kappa shape index (κ2) is 4.90. The van der Waals surface area contributed by atoms with Gasteiger partial charge in [-0.25, -0.2) is 0 Å². The van der Waals surface area contributed by atoms with Crippen molar-refractivity contribution in [3.8, 4) is 0 Å². The average Bonchev–Trinajstić information content (AvgIpc) is 2.55. The molecule has 4 N–H and O–H groups in total. The Bertz CT molecular complexity index is 185. The van der Waals surface area contributed by atoms with Crippen molar-refractivity contribution in [3.63, 3.8) is 0 Å². The topological polar surface area (TPSA) is 64.5 Å². The number of thiocarbonyl (C=S) groups is 1. The summed E-state index contributed by atoms with van der Waals surface area (Å²) in [6.45, 7) is 2.68. The van der Waals surface area contributed by atoms with Gasteiger partial charge >= 0.3 is 7.12 Å². The second-order valence-corrected chi connectivity index (χ2v) is 3.80. The quantitative estimate of drug-likeness (QED) is 0.351. The molecule has 0 radical (unpaired) electrons. The first kappa shape index (κ1) is 10.9. The maximum atomic E-state index is 8.83. The van der Waals surface area contributed by atoms with E-state index in [0.29, 0.717) is 4.99 Å². The van der Waals surface area contributed by atoms with E-state index in [1.807, 2.05) is 0 Å². The molecule has 0 amide bonds. The van der Waals surface area contributed by atoms with Crippen LogP contribution in [0.3, 0.4) is 0 Å². The summed E-state index contributed by atoms with van der Waals surface area (Å²) in [7, 11) is -1.36. The van der Waals surface area contributed by atoms with Gasteiger partial charge in [-0.05, 0) is 26.3 Å². The number of nitrogens with one attached hydrogen (secondary N) is 2. The van der Waals surface area contributed by atoms with Crippen molar-refractivity contribution in [1.29, 1.82) is 0 Å². The van der Waals surface area contributed by atoms with Crippen LogP contribution < -0.4 is 10.6 Å². The largest absolute Gasteiger partial charge is 0.475 e. The molecule has 1 aliphatic heterocycles. The lowest BCUT2D eigenvalue weighted by Crippen LogP contribution is -2.49. The Hall–Kier alpha value is -0.165. The fraction of sp³-hybridized carbons (Fsp3) is 0.857. The first-order valence-corrected chi connectivity index (χ1v) is 4.92. The van der Waals surface area contributed by atoms with Crippen molar-refractivity contribution in [3.05, 3.63) is 0 Å². The third kappa shape index (κ3) is 3.23. The molecule has 0 bridgehead atoms. The van der Waals surface area contributed by atoms with Crippen molar-refractivity contribution in [2.75, 3.05) is 6.54 Å². The van der Waals surface area contributed by atoms with Gasteiger partial charge in [-0.15, -0.1) is 0 Å². The lowest BCUT2D eigenvalue weighted by atomic mass is 9.81. The Morgan fingerprint density at radius 2 is 2.38 bits per heavy atom. The lowest BCUT2D eigenvalue weighted by Gasteiger charge is -2.18. The molecule has 0 saturated carbocycles. The zero-order valence-electron chi connectivity index (χ0n) is 7.66. The van der Waals surface area contributed by atoms with Gasteiger partial charge in [-0.1, -0.05) is 12.2 Å². The van der Waals surface area contributed by atoms with E-state index >= 15 is 0 Å². The fourth-order valence-corrected chi connectivity index (χ4v) is 1.69. The van der Waals surface area contributed by atoms with Crippen LogP contribution in [0.1, 0.15) is 19.8 Å². The van der Waals surface area contributed by atoms with Crippen LogP contribution in [0, 0.1) is 0 Å². The van der Waals surface area contributed by atoms with Crippen LogP contribution in [0.4, 0.5) is 0 Å². The molecular weight excluding hydrogens is 187 g/mol. The average molecular weight is 202 g/mol. The Balaban J connectivity index is 2.31. The minimum absolute atomic E-state index is 0.205. The first-order chi connectivity index (χ1) is 6.11. The molecular formula is C7H15BN2O2S. The molecule has 0 aliphatic carbocycles. The molecule has 0 aromatic rings. The maximum Gasteiger partial charge on any atom is 0.475 e. The first-order valence-electron chi connectivity index (χ1n) is 4.51. The van der Waals surface area contributed by atoms with Gasteiger partial charge in [0.25, 0.3) is 0 Å². The summed E-state index contributed by atoms with van der Waals surface area (Å²) < 4.78 is 0. The van der Waals surface area contributed by atoms with Gasteiger partial charge < -0.3 is 20.7 Å².